The fourth-order valence-corrected chi connectivity index (χ4v) is 5.75. The molecule has 0 aliphatic heterocycles. The number of aryl methyl sites for hydroxylation is 1. The van der Waals surface area contributed by atoms with Crippen molar-refractivity contribution in [2.75, 3.05) is 105 Å². The second kappa shape index (κ2) is 26.1. The van der Waals surface area contributed by atoms with Gasteiger partial charge in [-0.05, 0) is 31.4 Å². The van der Waals surface area contributed by atoms with Gasteiger partial charge < -0.3 is 40.9 Å². The number of aliphatic carboxylic acids is 6. The normalized spacial score (nSPS) is 12.1. The third-order valence-electron chi connectivity index (χ3n) is 8.37. The Morgan fingerprint density at radius 1 is 0.630 bits per heavy atom. The van der Waals surface area contributed by atoms with Crippen molar-refractivity contribution in [1.29, 1.82) is 0 Å². The van der Waals surface area contributed by atoms with Crippen LogP contribution >= 0.6 is 0 Å². The molecule has 21 heteroatoms. The van der Waals surface area contributed by atoms with Crippen LogP contribution in [0.3, 0.4) is 0 Å². The Kier molecular flexibility index (Phi) is 22.8. The summed E-state index contributed by atoms with van der Waals surface area (Å²) in [6, 6.07) is 5.56. The van der Waals surface area contributed by atoms with Crippen molar-refractivity contribution in [2.45, 2.75) is 32.2 Å². The summed E-state index contributed by atoms with van der Waals surface area (Å²) in [5.41, 5.74) is 0.777. The van der Waals surface area contributed by atoms with Crippen LogP contribution in [0.15, 0.2) is 24.3 Å². The average molecular weight is 772 g/mol. The van der Waals surface area contributed by atoms with E-state index in [0.29, 0.717) is 58.5 Å². The number of carboxylic acid groups (broad SMARTS) is 6. The number of likely N-dealkylation sites (N-methyl/N-ethyl adjacent to an activating group) is 1. The minimum absolute atomic E-state index is 0.0521. The van der Waals surface area contributed by atoms with Crippen molar-refractivity contribution >= 4 is 41.5 Å². The summed E-state index contributed by atoms with van der Waals surface area (Å²) < 4.78 is 0. The molecule has 0 amide bonds. The molecule has 1 aromatic rings. The van der Waals surface area contributed by atoms with Crippen LogP contribution < -0.4 is 5.32 Å². The molecule has 1 atom stereocenters. The Hall–Kier alpha value is -4.80. The van der Waals surface area contributed by atoms with Crippen LogP contribution in [0, 0.1) is 10.1 Å². The second-order valence-electron chi connectivity index (χ2n) is 12.6. The lowest BCUT2D eigenvalue weighted by Crippen LogP contribution is -2.50. The highest BCUT2D eigenvalue weighted by Gasteiger charge is 2.25. The van der Waals surface area contributed by atoms with E-state index in [1.807, 2.05) is 16.7 Å². The number of non-ortho nitro benzene ring substituents is 1. The summed E-state index contributed by atoms with van der Waals surface area (Å²) in [4.78, 5) is 86.8. The Morgan fingerprint density at radius 2 is 1.04 bits per heavy atom. The van der Waals surface area contributed by atoms with E-state index in [4.69, 9.17) is 10.2 Å². The molecule has 0 bridgehead atoms. The van der Waals surface area contributed by atoms with Crippen molar-refractivity contribution in [3.05, 3.63) is 39.9 Å². The Morgan fingerprint density at radius 3 is 1.46 bits per heavy atom. The van der Waals surface area contributed by atoms with Gasteiger partial charge in [-0.25, -0.2) is 0 Å². The molecule has 1 rings (SSSR count). The third kappa shape index (κ3) is 22.3. The third-order valence-corrected chi connectivity index (χ3v) is 8.37. The van der Waals surface area contributed by atoms with Crippen molar-refractivity contribution in [3.8, 4) is 0 Å². The standard InChI is InChI=1S/C33H53N7O14/c1-2-35(18-27(39(23-32(49)50)24-33(51)52)5-3-4-25-6-8-26(9-7-25)40(53)54)14-15-36(16-17-38(21-30(45)46)22-31(47)48)12-10-34-11-13-37(19-28(41)42)20-29(43)44/h6-9,27,34H,2-5,10-24H2,1H3,(H,41,42)(H,43,44)(H,45,46)(H,47,48)(H,49,50)(H,51,52). The van der Waals surface area contributed by atoms with Gasteiger partial charge in [0.2, 0.25) is 0 Å². The lowest BCUT2D eigenvalue weighted by molar-refractivity contribution is -0.384. The van der Waals surface area contributed by atoms with Gasteiger partial charge in [-0.3, -0.25) is 58.5 Å². The van der Waals surface area contributed by atoms with Crippen molar-refractivity contribution in [1.82, 2.24) is 29.8 Å². The van der Waals surface area contributed by atoms with Gasteiger partial charge in [0.1, 0.15) is 0 Å². The van der Waals surface area contributed by atoms with E-state index in [-0.39, 0.29) is 31.9 Å². The van der Waals surface area contributed by atoms with E-state index in [9.17, 15) is 59.3 Å². The molecule has 7 N–H and O–H groups in total. The molecule has 21 nitrogen and oxygen atoms in total. The zero-order valence-corrected chi connectivity index (χ0v) is 30.5. The maximum atomic E-state index is 11.7. The van der Waals surface area contributed by atoms with Crippen LogP contribution in [0.2, 0.25) is 0 Å². The molecule has 0 heterocycles. The molecular weight excluding hydrogens is 718 g/mol. The van der Waals surface area contributed by atoms with Gasteiger partial charge in [0.05, 0.1) is 44.2 Å². The molecule has 0 aliphatic carbocycles. The minimum Gasteiger partial charge on any atom is -0.480 e. The lowest BCUT2D eigenvalue weighted by atomic mass is 10.0. The predicted octanol–water partition coefficient (Wildman–Crippen LogP) is -1.09. The number of nitro benzene ring substituents is 1. The molecular formula is C33H53N7O14. The van der Waals surface area contributed by atoms with Crippen LogP contribution in [0.4, 0.5) is 5.69 Å². The van der Waals surface area contributed by atoms with Crippen molar-refractivity contribution < 1.29 is 64.3 Å². The fraction of sp³-hybridized carbons (Fsp3) is 0.636. The lowest BCUT2D eigenvalue weighted by Gasteiger charge is -2.35. The highest BCUT2D eigenvalue weighted by molar-refractivity contribution is 5.73. The van der Waals surface area contributed by atoms with Crippen LogP contribution in [0.1, 0.15) is 25.3 Å². The molecule has 0 saturated heterocycles. The number of hydrogen-bond donors (Lipinski definition) is 7. The highest BCUT2D eigenvalue weighted by Crippen LogP contribution is 2.16. The van der Waals surface area contributed by atoms with E-state index in [1.54, 1.807) is 12.1 Å². The van der Waals surface area contributed by atoms with Gasteiger partial charge in [-0.2, -0.15) is 0 Å². The van der Waals surface area contributed by atoms with Gasteiger partial charge in [0.15, 0.2) is 0 Å². The summed E-state index contributed by atoms with van der Waals surface area (Å²) in [5.74, 6) is -7.12. The second-order valence-corrected chi connectivity index (χ2v) is 12.6. The molecule has 0 fully saturated rings. The zero-order valence-electron chi connectivity index (χ0n) is 30.5. The van der Waals surface area contributed by atoms with Crippen molar-refractivity contribution in [2.24, 2.45) is 0 Å². The maximum Gasteiger partial charge on any atom is 0.317 e. The van der Waals surface area contributed by atoms with Crippen LogP contribution in [-0.2, 0) is 35.2 Å². The van der Waals surface area contributed by atoms with Gasteiger partial charge >= 0.3 is 35.8 Å². The highest BCUT2D eigenvalue weighted by atomic mass is 16.6. The summed E-state index contributed by atoms with van der Waals surface area (Å²) in [5, 5.41) is 70.0. The Bertz CT molecular complexity index is 1320. The molecule has 1 aromatic carbocycles. The van der Waals surface area contributed by atoms with E-state index < -0.39 is 86.0 Å². The Balaban J connectivity index is 3.08. The van der Waals surface area contributed by atoms with E-state index in [2.05, 4.69) is 5.32 Å². The molecule has 0 spiro atoms. The predicted molar refractivity (Wildman–Crippen MR) is 192 cm³/mol. The monoisotopic (exact) mass is 771 g/mol. The average Bonchev–Trinajstić information content (AvgIpc) is 3.05. The van der Waals surface area contributed by atoms with Gasteiger partial charge in [-0.1, -0.05) is 19.1 Å². The van der Waals surface area contributed by atoms with E-state index in [0.717, 1.165) is 5.56 Å². The molecule has 1 unspecified atom stereocenters. The number of nitro groups is 1. The first-order chi connectivity index (χ1) is 25.5. The first-order valence-electron chi connectivity index (χ1n) is 17.4. The topological polar surface area (TPSA) is 295 Å². The summed E-state index contributed by atoms with van der Waals surface area (Å²) >= 11 is 0. The fourth-order valence-electron chi connectivity index (χ4n) is 5.75. The molecule has 304 valence electrons. The zero-order chi connectivity index (χ0) is 40.6. The van der Waals surface area contributed by atoms with Crippen LogP contribution in [-0.4, -0.2) is 207 Å². The van der Waals surface area contributed by atoms with Gasteiger partial charge in [0, 0.05) is 77.1 Å². The van der Waals surface area contributed by atoms with Crippen LogP contribution in [0.25, 0.3) is 0 Å². The summed E-state index contributed by atoms with van der Waals surface area (Å²) in [6.07, 6.45) is 1.47. The van der Waals surface area contributed by atoms with Gasteiger partial charge in [-0.15, -0.1) is 0 Å². The number of nitrogens with one attached hydrogen (secondary N) is 1. The summed E-state index contributed by atoms with van der Waals surface area (Å²) in [7, 11) is 0. The first-order valence-corrected chi connectivity index (χ1v) is 17.4. The first kappa shape index (κ1) is 47.2. The van der Waals surface area contributed by atoms with Crippen molar-refractivity contribution in [3.63, 3.8) is 0 Å². The smallest absolute Gasteiger partial charge is 0.317 e. The van der Waals surface area contributed by atoms with Gasteiger partial charge in [0.25, 0.3) is 5.69 Å². The minimum atomic E-state index is -1.19. The number of hydrogen-bond acceptors (Lipinski definition) is 14. The molecule has 0 radical (unpaired) electrons. The van der Waals surface area contributed by atoms with Crippen LogP contribution in [0.5, 0.6) is 0 Å². The molecule has 0 saturated carbocycles. The van der Waals surface area contributed by atoms with E-state index in [1.165, 1.54) is 26.8 Å². The van der Waals surface area contributed by atoms with E-state index >= 15 is 0 Å². The Labute approximate surface area is 312 Å². The molecule has 0 aliphatic rings. The SMILES string of the molecule is CCN(CCN(CCNCCN(CC(=O)O)CC(=O)O)CCN(CC(=O)O)CC(=O)O)CC(CCCc1ccc([N+](=O)[O-])cc1)N(CC(=O)O)CC(=O)O. The maximum absolute atomic E-state index is 11.7. The number of nitrogens with zero attached hydrogens (tertiary/aromatic N) is 6. The summed E-state index contributed by atoms with van der Waals surface area (Å²) in [6.45, 7) is 2.16. The quantitative estimate of drug-likeness (QED) is 0.0254. The number of carboxylic acids is 6. The molecule has 0 aromatic heterocycles. The largest absolute Gasteiger partial charge is 0.480 e. The number of rotatable bonds is 33. The number of benzene rings is 1. The molecule has 54 heavy (non-hydrogen) atoms. The number of carbonyl (C=O) groups is 6.